The Hall–Kier alpha value is -1.39. The second-order valence-corrected chi connectivity index (χ2v) is 6.43. The standard InChI is InChI=1S/C18H28N2O2/c1-5-13(2)19-18(21)17-8-6-16(7-9-17)12-20-10-14(3)22-15(4)11-20/h6-9,13-15H,5,10-12H2,1-4H3,(H,19,21). The fraction of sp³-hybridized carbons (Fsp3) is 0.611. The average Bonchev–Trinajstić information content (AvgIpc) is 2.46. The first-order chi connectivity index (χ1) is 10.5. The Morgan fingerprint density at radius 2 is 1.86 bits per heavy atom. The molecule has 3 atom stereocenters. The minimum atomic E-state index is 0.00881. The van der Waals surface area contributed by atoms with Crippen LogP contribution in [0.5, 0.6) is 0 Å². The number of morpholine rings is 1. The first-order valence-corrected chi connectivity index (χ1v) is 8.25. The van der Waals surface area contributed by atoms with E-state index in [0.717, 1.165) is 31.6 Å². The summed E-state index contributed by atoms with van der Waals surface area (Å²) in [5.74, 6) is 0.00881. The predicted octanol–water partition coefficient (Wildman–Crippen LogP) is 2.82. The maximum absolute atomic E-state index is 12.1. The molecule has 1 saturated heterocycles. The number of carbonyl (C=O) groups is 1. The molecule has 1 aromatic rings. The van der Waals surface area contributed by atoms with Gasteiger partial charge in [0, 0.05) is 31.2 Å². The number of nitrogens with one attached hydrogen (secondary N) is 1. The Balaban J connectivity index is 1.93. The smallest absolute Gasteiger partial charge is 0.251 e. The first-order valence-electron chi connectivity index (χ1n) is 8.25. The number of rotatable bonds is 5. The largest absolute Gasteiger partial charge is 0.373 e. The van der Waals surface area contributed by atoms with E-state index in [1.807, 2.05) is 19.1 Å². The normalized spacial score (nSPS) is 24.0. The second kappa shape index (κ2) is 7.75. The molecule has 0 radical (unpaired) electrons. The number of benzene rings is 1. The lowest BCUT2D eigenvalue weighted by molar-refractivity contribution is -0.0704. The summed E-state index contributed by atoms with van der Waals surface area (Å²) < 4.78 is 5.76. The predicted molar refractivity (Wildman–Crippen MR) is 88.9 cm³/mol. The maximum atomic E-state index is 12.1. The molecule has 1 fully saturated rings. The lowest BCUT2D eigenvalue weighted by Gasteiger charge is -2.35. The Morgan fingerprint density at radius 1 is 1.27 bits per heavy atom. The lowest BCUT2D eigenvalue weighted by Crippen LogP contribution is -2.44. The molecule has 0 saturated carbocycles. The van der Waals surface area contributed by atoms with E-state index in [1.54, 1.807) is 0 Å². The van der Waals surface area contributed by atoms with Crippen molar-refractivity contribution in [2.45, 2.75) is 58.9 Å². The summed E-state index contributed by atoms with van der Waals surface area (Å²) in [6.45, 7) is 11.1. The van der Waals surface area contributed by atoms with Crippen molar-refractivity contribution >= 4 is 5.91 Å². The van der Waals surface area contributed by atoms with Gasteiger partial charge in [0.1, 0.15) is 0 Å². The van der Waals surface area contributed by atoms with Crippen LogP contribution in [0.4, 0.5) is 0 Å². The zero-order valence-corrected chi connectivity index (χ0v) is 14.1. The Kier molecular flexibility index (Phi) is 5.98. The van der Waals surface area contributed by atoms with Crippen molar-refractivity contribution in [3.05, 3.63) is 35.4 Å². The third-order valence-corrected chi connectivity index (χ3v) is 4.11. The van der Waals surface area contributed by atoms with Crippen molar-refractivity contribution in [3.63, 3.8) is 0 Å². The van der Waals surface area contributed by atoms with Gasteiger partial charge in [-0.25, -0.2) is 0 Å². The van der Waals surface area contributed by atoms with Crippen LogP contribution in [-0.2, 0) is 11.3 Å². The van der Waals surface area contributed by atoms with E-state index in [4.69, 9.17) is 4.74 Å². The van der Waals surface area contributed by atoms with Gasteiger partial charge in [-0.3, -0.25) is 9.69 Å². The maximum Gasteiger partial charge on any atom is 0.251 e. The van der Waals surface area contributed by atoms with Crippen molar-refractivity contribution in [3.8, 4) is 0 Å². The molecule has 1 aliphatic heterocycles. The van der Waals surface area contributed by atoms with Crippen molar-refractivity contribution in [2.24, 2.45) is 0 Å². The molecular formula is C18H28N2O2. The molecule has 4 nitrogen and oxygen atoms in total. The van der Waals surface area contributed by atoms with E-state index < -0.39 is 0 Å². The Morgan fingerprint density at radius 3 is 2.41 bits per heavy atom. The molecule has 1 amide bonds. The van der Waals surface area contributed by atoms with Crippen molar-refractivity contribution in [2.75, 3.05) is 13.1 Å². The van der Waals surface area contributed by atoms with Crippen LogP contribution in [-0.4, -0.2) is 42.1 Å². The summed E-state index contributed by atoms with van der Waals surface area (Å²) in [5.41, 5.74) is 1.97. The van der Waals surface area contributed by atoms with E-state index in [-0.39, 0.29) is 24.2 Å². The van der Waals surface area contributed by atoms with Crippen LogP contribution >= 0.6 is 0 Å². The van der Waals surface area contributed by atoms with E-state index in [1.165, 1.54) is 5.56 Å². The zero-order valence-electron chi connectivity index (χ0n) is 14.1. The summed E-state index contributed by atoms with van der Waals surface area (Å²) in [6, 6.07) is 8.15. The summed E-state index contributed by atoms with van der Waals surface area (Å²) in [4.78, 5) is 14.5. The fourth-order valence-electron chi connectivity index (χ4n) is 2.84. The molecule has 0 aliphatic carbocycles. The lowest BCUT2D eigenvalue weighted by atomic mass is 10.1. The molecule has 1 heterocycles. The molecular weight excluding hydrogens is 276 g/mol. The summed E-state index contributed by atoms with van der Waals surface area (Å²) >= 11 is 0. The molecule has 122 valence electrons. The monoisotopic (exact) mass is 304 g/mol. The van der Waals surface area contributed by atoms with Gasteiger partial charge in [0.15, 0.2) is 0 Å². The van der Waals surface area contributed by atoms with Crippen LogP contribution < -0.4 is 5.32 Å². The van der Waals surface area contributed by atoms with Crippen LogP contribution in [0.25, 0.3) is 0 Å². The van der Waals surface area contributed by atoms with Gasteiger partial charge in [0.05, 0.1) is 12.2 Å². The van der Waals surface area contributed by atoms with Gasteiger partial charge in [-0.2, -0.15) is 0 Å². The number of ether oxygens (including phenoxy) is 1. The van der Waals surface area contributed by atoms with Gasteiger partial charge < -0.3 is 10.1 Å². The van der Waals surface area contributed by atoms with Gasteiger partial charge in [0.25, 0.3) is 5.91 Å². The molecule has 1 aliphatic rings. The number of nitrogens with zero attached hydrogens (tertiary/aromatic N) is 1. The molecule has 2 rings (SSSR count). The summed E-state index contributed by atoms with van der Waals surface area (Å²) in [7, 11) is 0. The quantitative estimate of drug-likeness (QED) is 0.909. The van der Waals surface area contributed by atoms with E-state index >= 15 is 0 Å². The minimum Gasteiger partial charge on any atom is -0.373 e. The third-order valence-electron chi connectivity index (χ3n) is 4.11. The van der Waals surface area contributed by atoms with Crippen LogP contribution in [0.15, 0.2) is 24.3 Å². The highest BCUT2D eigenvalue weighted by molar-refractivity contribution is 5.94. The average molecular weight is 304 g/mol. The second-order valence-electron chi connectivity index (χ2n) is 6.43. The van der Waals surface area contributed by atoms with Gasteiger partial charge in [-0.1, -0.05) is 19.1 Å². The minimum absolute atomic E-state index is 0.00881. The van der Waals surface area contributed by atoms with Crippen molar-refractivity contribution in [1.29, 1.82) is 0 Å². The Bertz CT molecular complexity index is 476. The molecule has 4 heteroatoms. The van der Waals surface area contributed by atoms with Crippen molar-refractivity contribution in [1.82, 2.24) is 10.2 Å². The molecule has 22 heavy (non-hydrogen) atoms. The van der Waals surface area contributed by atoms with E-state index in [2.05, 4.69) is 43.1 Å². The number of carbonyl (C=O) groups excluding carboxylic acids is 1. The Labute approximate surface area is 133 Å². The van der Waals surface area contributed by atoms with Crippen LogP contribution in [0, 0.1) is 0 Å². The van der Waals surface area contributed by atoms with Gasteiger partial charge in [0.2, 0.25) is 0 Å². The number of amides is 1. The third kappa shape index (κ3) is 4.82. The van der Waals surface area contributed by atoms with Crippen LogP contribution in [0.3, 0.4) is 0 Å². The molecule has 1 aromatic carbocycles. The molecule has 0 bridgehead atoms. The first kappa shape index (κ1) is 17.0. The van der Waals surface area contributed by atoms with Gasteiger partial charge >= 0.3 is 0 Å². The topological polar surface area (TPSA) is 41.6 Å². The van der Waals surface area contributed by atoms with E-state index in [0.29, 0.717) is 0 Å². The highest BCUT2D eigenvalue weighted by Gasteiger charge is 2.22. The molecule has 1 N–H and O–H groups in total. The molecule has 0 aromatic heterocycles. The van der Waals surface area contributed by atoms with E-state index in [9.17, 15) is 4.79 Å². The zero-order chi connectivity index (χ0) is 16.1. The van der Waals surface area contributed by atoms with Crippen LogP contribution in [0.2, 0.25) is 0 Å². The SMILES string of the molecule is CCC(C)NC(=O)c1ccc(CN2CC(C)OC(C)C2)cc1. The molecule has 0 spiro atoms. The fourth-order valence-corrected chi connectivity index (χ4v) is 2.84. The summed E-state index contributed by atoms with van der Waals surface area (Å²) in [5, 5.41) is 2.99. The van der Waals surface area contributed by atoms with Gasteiger partial charge in [-0.15, -0.1) is 0 Å². The summed E-state index contributed by atoms with van der Waals surface area (Å²) in [6.07, 6.45) is 1.51. The highest BCUT2D eigenvalue weighted by atomic mass is 16.5. The highest BCUT2D eigenvalue weighted by Crippen LogP contribution is 2.15. The molecule has 3 unspecified atom stereocenters. The number of hydrogen-bond donors (Lipinski definition) is 1. The van der Waals surface area contributed by atoms with Crippen molar-refractivity contribution < 1.29 is 9.53 Å². The van der Waals surface area contributed by atoms with Crippen LogP contribution in [0.1, 0.15) is 50.0 Å². The number of hydrogen-bond acceptors (Lipinski definition) is 3. The van der Waals surface area contributed by atoms with Gasteiger partial charge in [-0.05, 0) is 44.9 Å².